The third-order valence-corrected chi connectivity index (χ3v) is 6.58. The van der Waals surface area contributed by atoms with Crippen LogP contribution in [0.3, 0.4) is 0 Å². The van der Waals surface area contributed by atoms with Crippen LogP contribution in [0.5, 0.6) is 0 Å². The molecular formula is C20H24N6O3. The molecule has 5 heterocycles. The molecule has 0 aliphatic carbocycles. The molecular weight excluding hydrogens is 372 g/mol. The molecule has 0 aromatic carbocycles. The molecule has 5 rings (SSSR count). The Kier molecular flexibility index (Phi) is 4.54. The summed E-state index contributed by atoms with van der Waals surface area (Å²) < 4.78 is 8.19. The van der Waals surface area contributed by atoms with Gasteiger partial charge < -0.3 is 19.5 Å². The van der Waals surface area contributed by atoms with Crippen molar-refractivity contribution in [3.05, 3.63) is 42.7 Å². The summed E-state index contributed by atoms with van der Waals surface area (Å²) in [5.74, 6) is 0.462. The minimum absolute atomic E-state index is 0.130. The van der Waals surface area contributed by atoms with Gasteiger partial charge in [-0.15, -0.1) is 10.2 Å². The SMILES string of the molecule is O=C(NC[C@H]1[C@H]2CN(C(=O)CCn3cnnc3)C[C@]23CC[C@H]1O3)c1ccccn1. The van der Waals surface area contributed by atoms with Crippen LogP contribution in [0.15, 0.2) is 37.1 Å². The maximum Gasteiger partial charge on any atom is 0.269 e. The average Bonchev–Trinajstić information content (AvgIpc) is 3.52. The fraction of sp³-hybridized carbons (Fsp3) is 0.550. The van der Waals surface area contributed by atoms with E-state index in [0.29, 0.717) is 38.3 Å². The molecule has 2 bridgehead atoms. The summed E-state index contributed by atoms with van der Waals surface area (Å²) in [4.78, 5) is 31.2. The molecule has 1 spiro atoms. The first-order valence-electron chi connectivity index (χ1n) is 10.1. The van der Waals surface area contributed by atoms with Gasteiger partial charge in [0.15, 0.2) is 0 Å². The van der Waals surface area contributed by atoms with Gasteiger partial charge in [0, 0.05) is 44.1 Å². The highest BCUT2D eigenvalue weighted by atomic mass is 16.5. The van der Waals surface area contributed by atoms with Crippen LogP contribution in [-0.4, -0.2) is 67.8 Å². The number of pyridine rings is 1. The Morgan fingerprint density at radius 3 is 2.93 bits per heavy atom. The topological polar surface area (TPSA) is 102 Å². The van der Waals surface area contributed by atoms with Crippen molar-refractivity contribution in [1.29, 1.82) is 0 Å². The summed E-state index contributed by atoms with van der Waals surface area (Å²) in [5, 5.41) is 10.6. The quantitative estimate of drug-likeness (QED) is 0.763. The van der Waals surface area contributed by atoms with Gasteiger partial charge in [-0.3, -0.25) is 14.6 Å². The zero-order valence-corrected chi connectivity index (χ0v) is 16.1. The lowest BCUT2D eigenvalue weighted by molar-refractivity contribution is -0.132. The number of fused-ring (bicyclic) bond motifs is 1. The van der Waals surface area contributed by atoms with Gasteiger partial charge in [0.05, 0.1) is 18.2 Å². The summed E-state index contributed by atoms with van der Waals surface area (Å²) in [6, 6.07) is 5.30. The fourth-order valence-corrected chi connectivity index (χ4v) is 5.17. The van der Waals surface area contributed by atoms with E-state index < -0.39 is 0 Å². The minimum atomic E-state index is -0.239. The Hall–Kier alpha value is -2.81. The van der Waals surface area contributed by atoms with Gasteiger partial charge in [0.25, 0.3) is 5.91 Å². The van der Waals surface area contributed by atoms with Gasteiger partial charge in [0.2, 0.25) is 5.91 Å². The van der Waals surface area contributed by atoms with E-state index in [1.54, 1.807) is 37.1 Å². The van der Waals surface area contributed by atoms with E-state index in [9.17, 15) is 9.59 Å². The van der Waals surface area contributed by atoms with E-state index in [2.05, 4.69) is 20.5 Å². The number of aryl methyl sites for hydroxylation is 1. The molecule has 3 aliphatic heterocycles. The Labute approximate surface area is 168 Å². The van der Waals surface area contributed by atoms with Gasteiger partial charge in [-0.1, -0.05) is 6.07 Å². The maximum atomic E-state index is 12.7. The van der Waals surface area contributed by atoms with Crippen LogP contribution >= 0.6 is 0 Å². The Bertz CT molecular complexity index is 889. The van der Waals surface area contributed by atoms with Crippen molar-refractivity contribution >= 4 is 11.8 Å². The van der Waals surface area contributed by atoms with Crippen LogP contribution < -0.4 is 5.32 Å². The number of ether oxygens (including phenoxy) is 1. The van der Waals surface area contributed by atoms with E-state index >= 15 is 0 Å². The summed E-state index contributed by atoms with van der Waals surface area (Å²) in [5.41, 5.74) is 0.181. The lowest BCUT2D eigenvalue weighted by Gasteiger charge is -2.29. The van der Waals surface area contributed by atoms with E-state index in [1.807, 2.05) is 9.47 Å². The molecule has 0 unspecified atom stereocenters. The van der Waals surface area contributed by atoms with Crippen LogP contribution in [0.25, 0.3) is 0 Å². The molecule has 4 atom stereocenters. The fourth-order valence-electron chi connectivity index (χ4n) is 5.17. The molecule has 9 nitrogen and oxygen atoms in total. The molecule has 2 amide bonds. The van der Waals surface area contributed by atoms with Crippen molar-refractivity contribution < 1.29 is 14.3 Å². The van der Waals surface area contributed by atoms with Crippen LogP contribution in [0.1, 0.15) is 29.8 Å². The minimum Gasteiger partial charge on any atom is -0.369 e. The first kappa shape index (κ1) is 18.2. The van der Waals surface area contributed by atoms with Crippen molar-refractivity contribution in [2.45, 2.75) is 37.5 Å². The average molecular weight is 396 g/mol. The predicted octanol–water partition coefficient (Wildman–Crippen LogP) is 0.499. The van der Waals surface area contributed by atoms with Crippen LogP contribution in [0.2, 0.25) is 0 Å². The van der Waals surface area contributed by atoms with Gasteiger partial charge in [0.1, 0.15) is 18.3 Å². The van der Waals surface area contributed by atoms with E-state index in [4.69, 9.17) is 4.74 Å². The van der Waals surface area contributed by atoms with Crippen molar-refractivity contribution in [3.8, 4) is 0 Å². The van der Waals surface area contributed by atoms with E-state index in [0.717, 1.165) is 12.8 Å². The first-order chi connectivity index (χ1) is 14.1. The van der Waals surface area contributed by atoms with Crippen molar-refractivity contribution in [2.75, 3.05) is 19.6 Å². The largest absolute Gasteiger partial charge is 0.369 e. The van der Waals surface area contributed by atoms with Gasteiger partial charge in [-0.25, -0.2) is 0 Å². The second kappa shape index (κ2) is 7.22. The summed E-state index contributed by atoms with van der Waals surface area (Å²) in [6.45, 7) is 2.48. The van der Waals surface area contributed by atoms with Crippen molar-refractivity contribution in [1.82, 2.24) is 30.0 Å². The molecule has 1 N–H and O–H groups in total. The molecule has 152 valence electrons. The molecule has 2 aromatic rings. The second-order valence-corrected chi connectivity index (χ2v) is 8.18. The molecule has 2 aromatic heterocycles. The van der Waals surface area contributed by atoms with Crippen LogP contribution in [-0.2, 0) is 16.1 Å². The Morgan fingerprint density at radius 2 is 2.14 bits per heavy atom. The zero-order chi connectivity index (χ0) is 19.8. The van der Waals surface area contributed by atoms with Crippen molar-refractivity contribution in [2.24, 2.45) is 11.8 Å². The molecule has 3 fully saturated rings. The number of likely N-dealkylation sites (tertiary alicyclic amines) is 1. The zero-order valence-electron chi connectivity index (χ0n) is 16.1. The number of carbonyl (C=O) groups is 2. The number of nitrogens with one attached hydrogen (secondary N) is 1. The Balaban J connectivity index is 1.21. The molecule has 29 heavy (non-hydrogen) atoms. The normalized spacial score (nSPS) is 29.8. The second-order valence-electron chi connectivity index (χ2n) is 8.18. The third-order valence-electron chi connectivity index (χ3n) is 6.58. The van der Waals surface area contributed by atoms with Gasteiger partial charge in [-0.05, 0) is 25.0 Å². The number of hydrogen-bond donors (Lipinski definition) is 1. The monoisotopic (exact) mass is 396 g/mol. The standard InChI is InChI=1S/C20H24N6O3/c27-18(5-8-25-12-23-24-13-25)26-10-15-14(17-4-6-20(15,11-26)29-17)9-22-19(28)16-3-1-2-7-21-16/h1-3,7,12-15,17H,4-6,8-11H2,(H,22,28)/t14-,15+,17+,20+/m0/s1. The van der Waals surface area contributed by atoms with Crippen molar-refractivity contribution in [3.63, 3.8) is 0 Å². The maximum absolute atomic E-state index is 12.7. The molecule has 0 saturated carbocycles. The summed E-state index contributed by atoms with van der Waals surface area (Å²) in [7, 11) is 0. The molecule has 3 aliphatic rings. The number of carbonyl (C=O) groups excluding carboxylic acids is 2. The lowest BCUT2D eigenvalue weighted by Crippen LogP contribution is -2.42. The van der Waals surface area contributed by atoms with Crippen LogP contribution in [0, 0.1) is 11.8 Å². The smallest absolute Gasteiger partial charge is 0.269 e. The highest BCUT2D eigenvalue weighted by Gasteiger charge is 2.63. The highest BCUT2D eigenvalue weighted by molar-refractivity contribution is 5.92. The lowest BCUT2D eigenvalue weighted by atomic mass is 9.73. The van der Waals surface area contributed by atoms with E-state index in [1.165, 1.54) is 0 Å². The highest BCUT2D eigenvalue weighted by Crippen LogP contribution is 2.54. The summed E-state index contributed by atoms with van der Waals surface area (Å²) >= 11 is 0. The van der Waals surface area contributed by atoms with E-state index in [-0.39, 0.29) is 35.4 Å². The number of aromatic nitrogens is 4. The third kappa shape index (κ3) is 3.29. The number of amides is 2. The number of nitrogens with zero attached hydrogens (tertiary/aromatic N) is 5. The Morgan fingerprint density at radius 1 is 1.28 bits per heavy atom. The summed E-state index contributed by atoms with van der Waals surface area (Å²) in [6.07, 6.45) is 7.42. The number of hydrogen-bond acceptors (Lipinski definition) is 6. The predicted molar refractivity (Wildman–Crippen MR) is 102 cm³/mol. The molecule has 9 heteroatoms. The first-order valence-corrected chi connectivity index (χ1v) is 10.1. The number of rotatable bonds is 6. The van der Waals surface area contributed by atoms with Crippen LogP contribution in [0.4, 0.5) is 0 Å². The van der Waals surface area contributed by atoms with Gasteiger partial charge in [-0.2, -0.15) is 0 Å². The molecule has 0 radical (unpaired) electrons. The molecule has 3 saturated heterocycles. The van der Waals surface area contributed by atoms with Gasteiger partial charge >= 0.3 is 0 Å².